The zero-order chi connectivity index (χ0) is 13.1. The number of benzene rings is 1. The monoisotopic (exact) mass is 242 g/mol. The van der Waals surface area contributed by atoms with Crippen LogP contribution >= 0.6 is 0 Å². The lowest BCUT2D eigenvalue weighted by Gasteiger charge is -2.42. The third-order valence-corrected chi connectivity index (χ3v) is 6.68. The molecule has 1 aromatic carbocycles. The van der Waals surface area contributed by atoms with Gasteiger partial charge in [-0.2, -0.15) is 0 Å². The second kappa shape index (κ2) is 3.62. The van der Waals surface area contributed by atoms with Crippen LogP contribution in [0.15, 0.2) is 24.3 Å². The van der Waals surface area contributed by atoms with Gasteiger partial charge in [0.05, 0.1) is 0 Å². The van der Waals surface area contributed by atoms with E-state index in [1.807, 2.05) is 0 Å². The van der Waals surface area contributed by atoms with Gasteiger partial charge in [0, 0.05) is 5.41 Å². The van der Waals surface area contributed by atoms with E-state index in [1.165, 1.54) is 12.8 Å². The predicted octanol–water partition coefficient (Wildman–Crippen LogP) is 5.13. The molecule has 0 nitrogen and oxygen atoms in total. The lowest BCUT2D eigenvalue weighted by molar-refractivity contribution is 0.210. The van der Waals surface area contributed by atoms with Crippen LogP contribution in [0.1, 0.15) is 64.5 Å². The van der Waals surface area contributed by atoms with Crippen molar-refractivity contribution in [3.8, 4) is 0 Å². The Bertz CT molecular complexity index is 475. The fourth-order valence-electron chi connectivity index (χ4n) is 4.98. The second-order valence-electron chi connectivity index (χ2n) is 7.04. The van der Waals surface area contributed by atoms with E-state index in [2.05, 4.69) is 58.9 Å². The van der Waals surface area contributed by atoms with Crippen molar-refractivity contribution >= 4 is 0 Å². The van der Waals surface area contributed by atoms with Crippen molar-refractivity contribution in [1.29, 1.82) is 0 Å². The van der Waals surface area contributed by atoms with Gasteiger partial charge in [0.15, 0.2) is 0 Å². The zero-order valence-corrected chi connectivity index (χ0v) is 12.5. The molecular formula is C18H26. The highest BCUT2D eigenvalue weighted by Crippen LogP contribution is 2.76. The Morgan fingerprint density at radius 2 is 1.94 bits per heavy atom. The maximum atomic E-state index is 2.54. The van der Waals surface area contributed by atoms with Crippen molar-refractivity contribution in [3.63, 3.8) is 0 Å². The molecular weight excluding hydrogens is 216 g/mol. The summed E-state index contributed by atoms with van der Waals surface area (Å²) >= 11 is 0. The largest absolute Gasteiger partial charge is 0.0651 e. The summed E-state index contributed by atoms with van der Waals surface area (Å²) in [7, 11) is 0. The van der Waals surface area contributed by atoms with Crippen LogP contribution in [0.4, 0.5) is 0 Å². The maximum absolute atomic E-state index is 2.54. The smallest absolute Gasteiger partial charge is 0.00437 e. The first-order valence-corrected chi connectivity index (χ1v) is 7.58. The minimum absolute atomic E-state index is 0.476. The average molecular weight is 242 g/mol. The third kappa shape index (κ3) is 1.17. The summed E-state index contributed by atoms with van der Waals surface area (Å²) in [6.07, 6.45) is 2.70. The minimum Gasteiger partial charge on any atom is -0.0651 e. The van der Waals surface area contributed by atoms with E-state index in [4.69, 9.17) is 0 Å². The van der Waals surface area contributed by atoms with Gasteiger partial charge < -0.3 is 0 Å². The Kier molecular flexibility index (Phi) is 2.47. The number of hydrogen-bond donors (Lipinski definition) is 0. The standard InChI is InChI=1S/C18H26/c1-6-12(2)18-11-17(18,5)14(4)13(3)15-9-7-8-10-16(15)18/h7-10,12-14H,6,11H2,1-5H3. The molecule has 0 heterocycles. The van der Waals surface area contributed by atoms with Crippen LogP contribution in [0.25, 0.3) is 0 Å². The first kappa shape index (κ1) is 12.3. The molecule has 2 aliphatic rings. The summed E-state index contributed by atoms with van der Waals surface area (Å²) in [6.45, 7) is 12.3. The average Bonchev–Trinajstić information content (AvgIpc) is 3.05. The molecule has 0 radical (unpaired) electrons. The number of rotatable bonds is 2. The van der Waals surface area contributed by atoms with Gasteiger partial charge in [0.25, 0.3) is 0 Å². The molecule has 0 saturated heterocycles. The molecule has 0 spiro atoms. The Hall–Kier alpha value is -0.780. The van der Waals surface area contributed by atoms with Crippen LogP contribution < -0.4 is 0 Å². The van der Waals surface area contributed by atoms with E-state index >= 15 is 0 Å². The highest BCUT2D eigenvalue weighted by Gasteiger charge is 2.71. The van der Waals surface area contributed by atoms with Gasteiger partial charge in [-0.1, -0.05) is 65.3 Å². The molecule has 5 unspecified atom stereocenters. The third-order valence-electron chi connectivity index (χ3n) is 6.68. The van der Waals surface area contributed by atoms with Crippen molar-refractivity contribution in [2.45, 2.75) is 58.8 Å². The van der Waals surface area contributed by atoms with Gasteiger partial charge in [-0.05, 0) is 40.7 Å². The molecule has 0 aliphatic heterocycles. The number of fused-ring (bicyclic) bond motifs is 3. The SMILES string of the molecule is CCC(C)C12CC1(C)C(C)C(C)c1ccccc12. The van der Waals surface area contributed by atoms with Gasteiger partial charge in [0.2, 0.25) is 0 Å². The van der Waals surface area contributed by atoms with E-state index in [0.29, 0.717) is 16.7 Å². The fraction of sp³-hybridized carbons (Fsp3) is 0.667. The Labute approximate surface area is 112 Å². The maximum Gasteiger partial charge on any atom is 0.00437 e. The molecule has 3 rings (SSSR count). The highest BCUT2D eigenvalue weighted by molar-refractivity contribution is 5.50. The first-order chi connectivity index (χ1) is 8.49. The molecule has 2 aliphatic carbocycles. The van der Waals surface area contributed by atoms with E-state index in [0.717, 1.165) is 11.8 Å². The molecule has 0 heteroatoms. The zero-order valence-electron chi connectivity index (χ0n) is 12.5. The summed E-state index contributed by atoms with van der Waals surface area (Å²) in [5, 5.41) is 0. The molecule has 0 bridgehead atoms. The van der Waals surface area contributed by atoms with Crippen molar-refractivity contribution in [1.82, 2.24) is 0 Å². The van der Waals surface area contributed by atoms with E-state index < -0.39 is 0 Å². The van der Waals surface area contributed by atoms with Gasteiger partial charge in [0.1, 0.15) is 0 Å². The van der Waals surface area contributed by atoms with Crippen molar-refractivity contribution in [3.05, 3.63) is 35.4 Å². The van der Waals surface area contributed by atoms with Crippen LogP contribution in [0.5, 0.6) is 0 Å². The van der Waals surface area contributed by atoms with Crippen LogP contribution in [0.3, 0.4) is 0 Å². The van der Waals surface area contributed by atoms with Crippen LogP contribution in [-0.4, -0.2) is 0 Å². The van der Waals surface area contributed by atoms with Crippen molar-refractivity contribution < 1.29 is 0 Å². The Morgan fingerprint density at radius 1 is 1.28 bits per heavy atom. The predicted molar refractivity (Wildman–Crippen MR) is 77.9 cm³/mol. The lowest BCUT2D eigenvalue weighted by Crippen LogP contribution is -2.36. The first-order valence-electron chi connectivity index (χ1n) is 7.58. The summed E-state index contributed by atoms with van der Waals surface area (Å²) in [5.74, 6) is 2.32. The topological polar surface area (TPSA) is 0 Å². The van der Waals surface area contributed by atoms with Crippen LogP contribution in [0.2, 0.25) is 0 Å². The van der Waals surface area contributed by atoms with E-state index in [-0.39, 0.29) is 0 Å². The highest BCUT2D eigenvalue weighted by atomic mass is 14.7. The van der Waals surface area contributed by atoms with Crippen molar-refractivity contribution in [2.75, 3.05) is 0 Å². The quantitative estimate of drug-likeness (QED) is 0.674. The minimum atomic E-state index is 0.476. The molecule has 18 heavy (non-hydrogen) atoms. The van der Waals surface area contributed by atoms with E-state index in [9.17, 15) is 0 Å². The molecule has 1 fully saturated rings. The fourth-order valence-corrected chi connectivity index (χ4v) is 4.98. The lowest BCUT2D eigenvalue weighted by atomic mass is 9.62. The van der Waals surface area contributed by atoms with Gasteiger partial charge >= 0.3 is 0 Å². The molecule has 0 N–H and O–H groups in total. The van der Waals surface area contributed by atoms with Crippen molar-refractivity contribution in [2.24, 2.45) is 17.3 Å². The molecule has 1 aromatic rings. The molecule has 0 aromatic heterocycles. The molecule has 1 saturated carbocycles. The molecule has 0 amide bonds. The summed E-state index contributed by atoms with van der Waals surface area (Å²) in [6, 6.07) is 9.25. The summed E-state index contributed by atoms with van der Waals surface area (Å²) in [4.78, 5) is 0. The molecule has 5 atom stereocenters. The van der Waals surface area contributed by atoms with E-state index in [1.54, 1.807) is 11.1 Å². The number of hydrogen-bond acceptors (Lipinski definition) is 0. The summed E-state index contributed by atoms with van der Waals surface area (Å²) in [5.41, 5.74) is 4.31. The van der Waals surface area contributed by atoms with Crippen LogP contribution in [-0.2, 0) is 5.41 Å². The second-order valence-corrected chi connectivity index (χ2v) is 7.04. The van der Waals surface area contributed by atoms with Gasteiger partial charge in [-0.3, -0.25) is 0 Å². The Balaban J connectivity index is 2.20. The van der Waals surface area contributed by atoms with Crippen LogP contribution in [0, 0.1) is 17.3 Å². The summed E-state index contributed by atoms with van der Waals surface area (Å²) < 4.78 is 0. The van der Waals surface area contributed by atoms with Gasteiger partial charge in [-0.25, -0.2) is 0 Å². The normalized spacial score (nSPS) is 42.9. The Morgan fingerprint density at radius 3 is 2.61 bits per heavy atom. The van der Waals surface area contributed by atoms with Gasteiger partial charge in [-0.15, -0.1) is 0 Å². The molecule has 98 valence electrons.